The number of aliphatic hydroxyl groups excluding tert-OH is 3. The summed E-state index contributed by atoms with van der Waals surface area (Å²) in [5.41, 5.74) is 0.223. The van der Waals surface area contributed by atoms with Crippen LogP contribution < -0.4 is 0 Å². The predicted octanol–water partition coefficient (Wildman–Crippen LogP) is 1.13. The first kappa shape index (κ1) is 24.8. The zero-order valence-corrected chi connectivity index (χ0v) is 19.7. The molecule has 0 bridgehead atoms. The van der Waals surface area contributed by atoms with Crippen molar-refractivity contribution in [2.75, 3.05) is 7.11 Å². The molecule has 8 atom stereocenters. The molecule has 0 amide bonds. The molecule has 0 radical (unpaired) electrons. The molecule has 2 unspecified atom stereocenters. The van der Waals surface area contributed by atoms with E-state index in [-0.39, 0.29) is 40.8 Å². The van der Waals surface area contributed by atoms with Crippen LogP contribution in [0.2, 0.25) is 0 Å². The number of methoxy groups -OCH3 is 1. The third-order valence-corrected chi connectivity index (χ3v) is 10.0. The Hall–Kier alpha value is -1.32. The normalized spacial score (nSPS) is 42.8. The molecule has 8 nitrogen and oxygen atoms in total. The number of rotatable bonds is 5. The molecule has 8 heteroatoms. The van der Waals surface area contributed by atoms with Crippen molar-refractivity contribution >= 4 is 11.8 Å². The van der Waals surface area contributed by atoms with E-state index in [4.69, 9.17) is 4.74 Å². The molecule has 4 aliphatic carbocycles. The summed E-state index contributed by atoms with van der Waals surface area (Å²) < 4.78 is 5.12. The van der Waals surface area contributed by atoms with Crippen LogP contribution >= 0.6 is 0 Å². The monoisotopic (exact) mass is 466 g/mol. The first-order valence-electron chi connectivity index (χ1n) is 12.2. The third kappa shape index (κ3) is 3.88. The van der Waals surface area contributed by atoms with Gasteiger partial charge in [0.15, 0.2) is 18.4 Å². The van der Waals surface area contributed by atoms with Crippen molar-refractivity contribution in [3.05, 3.63) is 11.6 Å². The maximum atomic E-state index is 12.8. The number of ketones is 1. The number of hydrogen-bond donors (Lipinski definition) is 5. The summed E-state index contributed by atoms with van der Waals surface area (Å²) in [6.45, 7) is 4.30. The highest BCUT2D eigenvalue weighted by Crippen LogP contribution is 2.68. The lowest BCUT2D eigenvalue weighted by atomic mass is 9.44. The highest BCUT2D eigenvalue weighted by atomic mass is 16.5. The number of carbonyl (C=O) groups is 2. The summed E-state index contributed by atoms with van der Waals surface area (Å²) in [5, 5.41) is 49.1. The van der Waals surface area contributed by atoms with E-state index in [0.29, 0.717) is 19.3 Å². The Morgan fingerprint density at radius 2 is 1.79 bits per heavy atom. The van der Waals surface area contributed by atoms with Crippen molar-refractivity contribution in [2.45, 2.75) is 77.5 Å². The summed E-state index contributed by atoms with van der Waals surface area (Å²) in [6, 6.07) is 0. The van der Waals surface area contributed by atoms with E-state index in [0.717, 1.165) is 31.3 Å². The standard InChI is InChI=1S/C25H38O8/c1-24-7-6-17-13(16(24)5-4-12(24)8-15(21(28)29)22(30)31)9-14(23(32)33-3)18-10-19(26)20(27)11-25(17,18)2/h10,12-17,20-22,27-31H,4-9,11H2,1-3H3/t12-,13+,14?,16+,17+,20?,24-,25-/m1/s1. The first-order valence-corrected chi connectivity index (χ1v) is 12.2. The van der Waals surface area contributed by atoms with Crippen molar-refractivity contribution in [1.82, 2.24) is 0 Å². The van der Waals surface area contributed by atoms with Crippen LogP contribution in [0.4, 0.5) is 0 Å². The molecule has 0 spiro atoms. The second-order valence-electron chi connectivity index (χ2n) is 11.4. The lowest BCUT2D eigenvalue weighted by molar-refractivity contribution is -0.187. The van der Waals surface area contributed by atoms with Gasteiger partial charge in [0.2, 0.25) is 0 Å². The van der Waals surface area contributed by atoms with Gasteiger partial charge in [-0.25, -0.2) is 0 Å². The Labute approximate surface area is 194 Å². The molecule has 3 fully saturated rings. The Balaban J connectivity index is 1.67. The van der Waals surface area contributed by atoms with Gasteiger partial charge in [-0.3, -0.25) is 9.59 Å². The summed E-state index contributed by atoms with van der Waals surface area (Å²) >= 11 is 0. The zero-order valence-electron chi connectivity index (χ0n) is 19.7. The van der Waals surface area contributed by atoms with Gasteiger partial charge < -0.3 is 30.3 Å². The van der Waals surface area contributed by atoms with Crippen LogP contribution in [-0.4, -0.2) is 63.1 Å². The van der Waals surface area contributed by atoms with Crippen LogP contribution in [0.5, 0.6) is 0 Å². The molecule has 0 aromatic carbocycles. The van der Waals surface area contributed by atoms with E-state index in [1.165, 1.54) is 13.2 Å². The highest BCUT2D eigenvalue weighted by Gasteiger charge is 2.62. The Morgan fingerprint density at radius 1 is 1.12 bits per heavy atom. The van der Waals surface area contributed by atoms with Crippen molar-refractivity contribution < 1.29 is 39.9 Å². The number of esters is 1. The molecule has 0 aromatic heterocycles. The van der Waals surface area contributed by atoms with Crippen LogP contribution in [0.3, 0.4) is 0 Å². The average Bonchev–Trinajstić information content (AvgIpc) is 3.08. The van der Waals surface area contributed by atoms with Gasteiger partial charge >= 0.3 is 5.97 Å². The lowest BCUT2D eigenvalue weighted by Crippen LogP contribution is -2.55. The fourth-order valence-corrected chi connectivity index (χ4v) is 8.29. The van der Waals surface area contributed by atoms with Crippen molar-refractivity contribution in [3.63, 3.8) is 0 Å². The molecule has 5 N–H and O–H groups in total. The summed E-state index contributed by atoms with van der Waals surface area (Å²) in [7, 11) is 1.36. The fourth-order valence-electron chi connectivity index (χ4n) is 8.29. The fraction of sp³-hybridized carbons (Fsp3) is 0.840. The van der Waals surface area contributed by atoms with Gasteiger partial charge in [-0.2, -0.15) is 0 Å². The second-order valence-corrected chi connectivity index (χ2v) is 11.4. The average molecular weight is 467 g/mol. The minimum Gasteiger partial charge on any atom is -0.469 e. The SMILES string of the molecule is COC(=O)C1C[C@H]2[C@@H]3CC[C@H](CC(C(O)O)C(O)O)[C@@]3(C)CC[C@@H]2[C@@]2(C)CC(O)C(=O)C=C12. The molecular weight excluding hydrogens is 428 g/mol. The van der Waals surface area contributed by atoms with E-state index in [1.54, 1.807) is 0 Å². The van der Waals surface area contributed by atoms with Crippen molar-refractivity contribution in [2.24, 2.45) is 46.3 Å². The molecule has 3 saturated carbocycles. The number of carbonyl (C=O) groups excluding carboxylic acids is 2. The summed E-state index contributed by atoms with van der Waals surface area (Å²) in [6.07, 6.45) is 1.62. The third-order valence-electron chi connectivity index (χ3n) is 10.0. The highest BCUT2D eigenvalue weighted by molar-refractivity contribution is 5.96. The van der Waals surface area contributed by atoms with E-state index in [9.17, 15) is 35.1 Å². The molecular formula is C25H38O8. The first-order chi connectivity index (χ1) is 15.4. The smallest absolute Gasteiger partial charge is 0.312 e. The molecule has 0 aliphatic heterocycles. The van der Waals surface area contributed by atoms with Crippen LogP contribution in [0, 0.1) is 46.3 Å². The van der Waals surface area contributed by atoms with Crippen LogP contribution in [0.1, 0.15) is 58.8 Å². The van der Waals surface area contributed by atoms with Gasteiger partial charge in [-0.1, -0.05) is 13.8 Å². The molecule has 33 heavy (non-hydrogen) atoms. The quantitative estimate of drug-likeness (QED) is 0.300. The molecule has 4 rings (SSSR count). The number of hydrogen-bond acceptors (Lipinski definition) is 8. The van der Waals surface area contributed by atoms with E-state index >= 15 is 0 Å². The minimum absolute atomic E-state index is 0.108. The topological polar surface area (TPSA) is 145 Å². The lowest BCUT2D eigenvalue weighted by Gasteiger charge is -2.59. The Bertz CT molecular complexity index is 813. The molecule has 0 heterocycles. The maximum Gasteiger partial charge on any atom is 0.312 e. The van der Waals surface area contributed by atoms with Crippen LogP contribution in [0.25, 0.3) is 0 Å². The summed E-state index contributed by atoms with van der Waals surface area (Å²) in [4.78, 5) is 25.1. The van der Waals surface area contributed by atoms with Gasteiger partial charge in [0.05, 0.1) is 18.9 Å². The molecule has 4 aliphatic rings. The summed E-state index contributed by atoms with van der Waals surface area (Å²) in [5.74, 6) is -1.39. The maximum absolute atomic E-state index is 12.8. The number of ether oxygens (including phenoxy) is 1. The second kappa shape index (κ2) is 8.72. The van der Waals surface area contributed by atoms with Crippen LogP contribution in [0.15, 0.2) is 11.6 Å². The predicted molar refractivity (Wildman–Crippen MR) is 117 cm³/mol. The molecule has 186 valence electrons. The zero-order chi connectivity index (χ0) is 24.3. The van der Waals surface area contributed by atoms with Gasteiger partial charge in [0.25, 0.3) is 0 Å². The van der Waals surface area contributed by atoms with E-state index < -0.39 is 35.9 Å². The van der Waals surface area contributed by atoms with Crippen LogP contribution in [-0.2, 0) is 14.3 Å². The molecule has 0 saturated heterocycles. The number of fused-ring (bicyclic) bond motifs is 5. The minimum atomic E-state index is -1.80. The van der Waals surface area contributed by atoms with E-state index in [1.807, 2.05) is 0 Å². The Morgan fingerprint density at radius 3 is 2.39 bits per heavy atom. The van der Waals surface area contributed by atoms with Crippen molar-refractivity contribution in [1.29, 1.82) is 0 Å². The van der Waals surface area contributed by atoms with E-state index in [2.05, 4.69) is 13.8 Å². The molecule has 0 aromatic rings. The largest absolute Gasteiger partial charge is 0.469 e. The van der Waals surface area contributed by atoms with Gasteiger partial charge in [-0.15, -0.1) is 0 Å². The van der Waals surface area contributed by atoms with Gasteiger partial charge in [0.1, 0.15) is 6.10 Å². The van der Waals surface area contributed by atoms with Crippen molar-refractivity contribution in [3.8, 4) is 0 Å². The van der Waals surface area contributed by atoms with Gasteiger partial charge in [-0.05, 0) is 91.1 Å². The van der Waals surface area contributed by atoms with Gasteiger partial charge in [0, 0.05) is 0 Å². The Kier molecular flexibility index (Phi) is 6.55. The number of aliphatic hydroxyl groups is 5.